The van der Waals surface area contributed by atoms with Crippen LogP contribution in [0.15, 0.2) is 0 Å². The second kappa shape index (κ2) is 5.02. The number of hydrogen-bond donors (Lipinski definition) is 1. The van der Waals surface area contributed by atoms with E-state index in [0.29, 0.717) is 18.5 Å². The van der Waals surface area contributed by atoms with Crippen LogP contribution in [-0.4, -0.2) is 41.1 Å². The molecule has 1 aliphatic heterocycles. The number of nitrogens with one attached hydrogen (secondary N) is 1. The Morgan fingerprint density at radius 3 is 2.47 bits per heavy atom. The third kappa shape index (κ3) is 3.61. The zero-order chi connectivity index (χ0) is 14.2. The van der Waals surface area contributed by atoms with Crippen LogP contribution in [0.5, 0.6) is 0 Å². The number of likely N-dealkylation sites (tertiary alicyclic amines) is 1. The first-order chi connectivity index (χ1) is 8.78. The summed E-state index contributed by atoms with van der Waals surface area (Å²) in [5, 5.41) is 3.00. The molecule has 108 valence electrons. The van der Waals surface area contributed by atoms with E-state index in [4.69, 9.17) is 4.74 Å². The van der Waals surface area contributed by atoms with Crippen molar-refractivity contribution >= 4 is 12.0 Å². The molecule has 2 amide bonds. The maximum absolute atomic E-state index is 12.2. The Balaban J connectivity index is 1.92. The molecule has 1 saturated carbocycles. The van der Waals surface area contributed by atoms with Crippen molar-refractivity contribution in [3.8, 4) is 0 Å². The molecule has 0 unspecified atom stereocenters. The number of nitrogens with zero attached hydrogens (tertiary/aromatic N) is 1. The Morgan fingerprint density at radius 1 is 1.32 bits per heavy atom. The lowest BCUT2D eigenvalue weighted by Gasteiger charge is -2.28. The van der Waals surface area contributed by atoms with Crippen LogP contribution in [0, 0.1) is 5.92 Å². The van der Waals surface area contributed by atoms with Gasteiger partial charge in [0, 0.05) is 12.6 Å². The van der Waals surface area contributed by atoms with Gasteiger partial charge in [-0.1, -0.05) is 6.92 Å². The molecule has 5 nitrogen and oxygen atoms in total. The second-order valence-corrected chi connectivity index (χ2v) is 6.66. The number of carbonyl (C=O) groups is 2. The highest BCUT2D eigenvalue weighted by Gasteiger charge is 2.40. The Kier molecular flexibility index (Phi) is 3.74. The van der Waals surface area contributed by atoms with Gasteiger partial charge in [-0.2, -0.15) is 0 Å². The van der Waals surface area contributed by atoms with E-state index >= 15 is 0 Å². The maximum Gasteiger partial charge on any atom is 0.410 e. The third-order valence-corrected chi connectivity index (χ3v) is 3.62. The molecule has 0 aromatic rings. The van der Waals surface area contributed by atoms with Gasteiger partial charge in [0.05, 0.1) is 0 Å². The second-order valence-electron chi connectivity index (χ2n) is 6.66. The summed E-state index contributed by atoms with van der Waals surface area (Å²) in [6, 6.07) is -0.0590. The SMILES string of the molecule is C[C@@H]1C[C@@H]1NC(=O)[C@H]1CCCN1C(=O)OC(C)(C)C. The molecule has 19 heavy (non-hydrogen) atoms. The molecule has 0 radical (unpaired) electrons. The molecule has 2 rings (SSSR count). The van der Waals surface area contributed by atoms with Gasteiger partial charge in [0.15, 0.2) is 0 Å². The molecule has 2 fully saturated rings. The summed E-state index contributed by atoms with van der Waals surface area (Å²) >= 11 is 0. The summed E-state index contributed by atoms with van der Waals surface area (Å²) in [5.41, 5.74) is -0.522. The average Bonchev–Trinajstić information content (AvgIpc) is 2.81. The van der Waals surface area contributed by atoms with Crippen molar-refractivity contribution in [1.29, 1.82) is 0 Å². The van der Waals surface area contributed by atoms with Gasteiger partial charge in [0.2, 0.25) is 5.91 Å². The Labute approximate surface area is 114 Å². The lowest BCUT2D eigenvalue weighted by Crippen LogP contribution is -2.48. The molecule has 2 aliphatic rings. The van der Waals surface area contributed by atoms with Gasteiger partial charge in [-0.3, -0.25) is 9.69 Å². The Morgan fingerprint density at radius 2 is 1.95 bits per heavy atom. The van der Waals surface area contributed by atoms with E-state index in [9.17, 15) is 9.59 Å². The Hall–Kier alpha value is -1.26. The number of ether oxygens (including phenoxy) is 1. The molecule has 5 heteroatoms. The van der Waals surface area contributed by atoms with Gasteiger partial charge in [-0.05, 0) is 46.0 Å². The van der Waals surface area contributed by atoms with Crippen LogP contribution in [0.2, 0.25) is 0 Å². The maximum atomic E-state index is 12.2. The number of rotatable bonds is 2. The van der Waals surface area contributed by atoms with E-state index in [1.54, 1.807) is 4.90 Å². The molecule has 1 N–H and O–H groups in total. The van der Waals surface area contributed by atoms with Gasteiger partial charge in [-0.15, -0.1) is 0 Å². The number of amides is 2. The molecular formula is C14H24N2O3. The lowest BCUT2D eigenvalue weighted by atomic mass is 10.2. The lowest BCUT2D eigenvalue weighted by molar-refractivity contribution is -0.125. The molecule has 3 atom stereocenters. The van der Waals surface area contributed by atoms with Gasteiger partial charge in [0.1, 0.15) is 11.6 Å². The van der Waals surface area contributed by atoms with Gasteiger partial charge in [-0.25, -0.2) is 4.79 Å². The van der Waals surface area contributed by atoms with Crippen molar-refractivity contribution in [1.82, 2.24) is 10.2 Å². The van der Waals surface area contributed by atoms with Crippen LogP contribution in [0.4, 0.5) is 4.79 Å². The normalized spacial score (nSPS) is 30.1. The van der Waals surface area contributed by atoms with Crippen LogP contribution in [-0.2, 0) is 9.53 Å². The van der Waals surface area contributed by atoms with Crippen LogP contribution in [0.1, 0.15) is 47.0 Å². The summed E-state index contributed by atoms with van der Waals surface area (Å²) in [7, 11) is 0. The summed E-state index contributed by atoms with van der Waals surface area (Å²) in [6.45, 7) is 8.23. The first-order valence-corrected chi connectivity index (χ1v) is 7.08. The van der Waals surface area contributed by atoms with Crippen molar-refractivity contribution in [2.24, 2.45) is 5.92 Å². The first-order valence-electron chi connectivity index (χ1n) is 7.08. The smallest absolute Gasteiger partial charge is 0.410 e. The molecule has 0 aromatic carbocycles. The highest BCUT2D eigenvalue weighted by Crippen LogP contribution is 2.30. The van der Waals surface area contributed by atoms with Crippen molar-refractivity contribution < 1.29 is 14.3 Å². The molecule has 1 heterocycles. The highest BCUT2D eigenvalue weighted by molar-refractivity contribution is 5.86. The van der Waals surface area contributed by atoms with Crippen LogP contribution in [0.3, 0.4) is 0 Å². The fraction of sp³-hybridized carbons (Fsp3) is 0.857. The molecule has 0 aromatic heterocycles. The number of carbonyl (C=O) groups excluding carboxylic acids is 2. The summed E-state index contributed by atoms with van der Waals surface area (Å²) in [5.74, 6) is 0.540. The van der Waals surface area contributed by atoms with E-state index < -0.39 is 5.60 Å². The average molecular weight is 268 g/mol. The van der Waals surface area contributed by atoms with Gasteiger partial charge in [0.25, 0.3) is 0 Å². The van der Waals surface area contributed by atoms with E-state index in [1.165, 1.54) is 0 Å². The zero-order valence-corrected chi connectivity index (χ0v) is 12.2. The quantitative estimate of drug-likeness (QED) is 0.832. The molecular weight excluding hydrogens is 244 g/mol. The van der Waals surface area contributed by atoms with E-state index in [-0.39, 0.29) is 18.0 Å². The van der Waals surface area contributed by atoms with E-state index in [0.717, 1.165) is 19.3 Å². The van der Waals surface area contributed by atoms with Crippen molar-refractivity contribution in [3.63, 3.8) is 0 Å². The first kappa shape index (κ1) is 14.2. The van der Waals surface area contributed by atoms with E-state index in [2.05, 4.69) is 12.2 Å². The molecule has 0 spiro atoms. The predicted molar refractivity (Wildman–Crippen MR) is 71.7 cm³/mol. The Bertz CT molecular complexity index is 375. The minimum atomic E-state index is -0.522. The van der Waals surface area contributed by atoms with Gasteiger partial charge >= 0.3 is 6.09 Å². The zero-order valence-electron chi connectivity index (χ0n) is 12.2. The molecule has 1 saturated heterocycles. The van der Waals surface area contributed by atoms with E-state index in [1.807, 2.05) is 20.8 Å². The standard InChI is InChI=1S/C14H24N2O3/c1-9-8-10(9)15-12(17)11-6-5-7-16(11)13(18)19-14(2,3)4/h9-11H,5-8H2,1-4H3,(H,15,17)/t9-,10+,11-/m1/s1. The van der Waals surface area contributed by atoms with Crippen LogP contribution in [0.25, 0.3) is 0 Å². The highest BCUT2D eigenvalue weighted by atomic mass is 16.6. The van der Waals surface area contributed by atoms with Gasteiger partial charge < -0.3 is 10.1 Å². The minimum absolute atomic E-state index is 0.0299. The third-order valence-electron chi connectivity index (χ3n) is 3.62. The summed E-state index contributed by atoms with van der Waals surface area (Å²) in [4.78, 5) is 25.8. The topological polar surface area (TPSA) is 58.6 Å². The summed E-state index contributed by atoms with van der Waals surface area (Å²) in [6.07, 6.45) is 2.25. The summed E-state index contributed by atoms with van der Waals surface area (Å²) < 4.78 is 5.35. The largest absolute Gasteiger partial charge is 0.444 e. The predicted octanol–water partition coefficient (Wildman–Crippen LogP) is 1.91. The van der Waals surface area contributed by atoms with Crippen molar-refractivity contribution in [2.75, 3.05) is 6.54 Å². The molecule has 0 bridgehead atoms. The van der Waals surface area contributed by atoms with Crippen molar-refractivity contribution in [3.05, 3.63) is 0 Å². The number of hydrogen-bond acceptors (Lipinski definition) is 3. The molecule has 1 aliphatic carbocycles. The minimum Gasteiger partial charge on any atom is -0.444 e. The fourth-order valence-corrected chi connectivity index (χ4v) is 2.38. The van der Waals surface area contributed by atoms with Crippen LogP contribution >= 0.6 is 0 Å². The monoisotopic (exact) mass is 268 g/mol. The van der Waals surface area contributed by atoms with Crippen LogP contribution < -0.4 is 5.32 Å². The fourth-order valence-electron chi connectivity index (χ4n) is 2.38. The van der Waals surface area contributed by atoms with Crippen molar-refractivity contribution in [2.45, 2.75) is 64.6 Å².